The predicted molar refractivity (Wildman–Crippen MR) is 117 cm³/mol. The van der Waals surface area contributed by atoms with E-state index in [2.05, 4.69) is 25.0 Å². The van der Waals surface area contributed by atoms with Crippen molar-refractivity contribution < 1.29 is 18.3 Å². The van der Waals surface area contributed by atoms with Crippen molar-refractivity contribution in [2.24, 2.45) is 0 Å². The molecule has 0 saturated heterocycles. The lowest BCUT2D eigenvalue weighted by atomic mass is 10.1. The largest absolute Gasteiger partial charge is 0.493 e. The number of hydrogen-bond donors (Lipinski definition) is 0. The van der Waals surface area contributed by atoms with Crippen molar-refractivity contribution in [1.82, 2.24) is 25.0 Å². The van der Waals surface area contributed by atoms with Gasteiger partial charge >= 0.3 is 0 Å². The average Bonchev–Trinajstić information content (AvgIpc) is 3.44. The summed E-state index contributed by atoms with van der Waals surface area (Å²) in [4.78, 5) is 0. The number of aromatic nitrogens is 5. The minimum atomic E-state index is -0.313. The van der Waals surface area contributed by atoms with Gasteiger partial charge < -0.3 is 18.5 Å². The van der Waals surface area contributed by atoms with Crippen LogP contribution in [-0.4, -0.2) is 39.2 Å². The number of ether oxygens (including phenoxy) is 2. The molecule has 10 heteroatoms. The zero-order valence-electron chi connectivity index (χ0n) is 17.9. The minimum Gasteiger partial charge on any atom is -0.493 e. The third kappa shape index (κ3) is 4.75. The summed E-state index contributed by atoms with van der Waals surface area (Å²) in [6.45, 7) is 2.77. The van der Waals surface area contributed by atoms with E-state index >= 15 is 0 Å². The summed E-state index contributed by atoms with van der Waals surface area (Å²) in [5, 5.41) is 17.6. The molecule has 0 spiro atoms. The van der Waals surface area contributed by atoms with Crippen molar-refractivity contribution in [2.45, 2.75) is 30.8 Å². The highest BCUT2D eigenvalue weighted by molar-refractivity contribution is 7.98. The maximum Gasteiger partial charge on any atom is 0.247 e. The van der Waals surface area contributed by atoms with Gasteiger partial charge in [0.2, 0.25) is 11.8 Å². The lowest BCUT2D eigenvalue weighted by molar-refractivity contribution is 0.354. The minimum absolute atomic E-state index is 0.313. The number of methoxy groups -OCH3 is 2. The van der Waals surface area contributed by atoms with Crippen molar-refractivity contribution in [3.05, 3.63) is 65.6 Å². The molecule has 0 atom stereocenters. The average molecular weight is 456 g/mol. The van der Waals surface area contributed by atoms with E-state index in [9.17, 15) is 4.39 Å². The van der Waals surface area contributed by atoms with Crippen LogP contribution in [0.3, 0.4) is 0 Å². The molecule has 0 radical (unpaired) electrons. The number of hydrogen-bond acceptors (Lipinski definition) is 8. The van der Waals surface area contributed by atoms with Gasteiger partial charge in [-0.05, 0) is 48.9 Å². The molecule has 166 valence electrons. The van der Waals surface area contributed by atoms with Crippen LogP contribution in [0.15, 0.2) is 52.0 Å². The van der Waals surface area contributed by atoms with E-state index in [1.807, 2.05) is 25.1 Å². The Morgan fingerprint density at radius 2 is 1.75 bits per heavy atom. The third-order valence-corrected chi connectivity index (χ3v) is 5.75. The van der Waals surface area contributed by atoms with Crippen LogP contribution in [-0.2, 0) is 18.7 Å². The number of nitrogens with zero attached hydrogens (tertiary/aromatic N) is 5. The Hall–Kier alpha value is -3.40. The molecule has 0 aliphatic rings. The van der Waals surface area contributed by atoms with Crippen LogP contribution in [0.2, 0.25) is 0 Å². The summed E-state index contributed by atoms with van der Waals surface area (Å²) in [6, 6.07) is 11.7. The zero-order chi connectivity index (χ0) is 22.5. The summed E-state index contributed by atoms with van der Waals surface area (Å²) >= 11 is 1.47. The van der Waals surface area contributed by atoms with E-state index in [1.54, 1.807) is 26.4 Å². The Labute approximate surface area is 188 Å². The fourth-order valence-electron chi connectivity index (χ4n) is 3.19. The predicted octanol–water partition coefficient (Wildman–Crippen LogP) is 4.39. The molecule has 0 aliphatic heterocycles. The number of benzene rings is 2. The van der Waals surface area contributed by atoms with Gasteiger partial charge in [-0.15, -0.1) is 20.4 Å². The highest BCUT2D eigenvalue weighted by Gasteiger charge is 2.15. The lowest BCUT2D eigenvalue weighted by Gasteiger charge is -2.10. The topological polar surface area (TPSA) is 88.1 Å². The summed E-state index contributed by atoms with van der Waals surface area (Å²) in [5.41, 5.74) is 1.71. The molecule has 8 nitrogen and oxygen atoms in total. The molecule has 0 aliphatic carbocycles. The molecule has 0 saturated carbocycles. The molecule has 0 fully saturated rings. The van der Waals surface area contributed by atoms with Crippen LogP contribution >= 0.6 is 11.8 Å². The highest BCUT2D eigenvalue weighted by atomic mass is 32.2. The Bertz CT molecular complexity index is 1190. The van der Waals surface area contributed by atoms with Crippen LogP contribution in [0, 0.1) is 5.82 Å². The van der Waals surface area contributed by atoms with E-state index in [-0.39, 0.29) is 5.82 Å². The van der Waals surface area contributed by atoms with Gasteiger partial charge in [-0.3, -0.25) is 0 Å². The zero-order valence-corrected chi connectivity index (χ0v) is 18.7. The van der Waals surface area contributed by atoms with Gasteiger partial charge in [0.05, 0.1) is 20.0 Å². The van der Waals surface area contributed by atoms with E-state index in [0.717, 1.165) is 23.1 Å². The molecule has 0 bridgehead atoms. The molecule has 0 unspecified atom stereocenters. The van der Waals surface area contributed by atoms with Crippen molar-refractivity contribution >= 4 is 11.8 Å². The maximum atomic E-state index is 13.1. The van der Waals surface area contributed by atoms with Crippen LogP contribution in [0.5, 0.6) is 11.5 Å². The SMILES string of the molecule is CCn1c(Cc2ccc(OC)c(OC)c2)nnc1SCc1nnc(-c2ccc(F)cc2)o1. The van der Waals surface area contributed by atoms with Crippen LogP contribution in [0.25, 0.3) is 11.5 Å². The van der Waals surface area contributed by atoms with Gasteiger partial charge in [0.1, 0.15) is 11.6 Å². The Morgan fingerprint density at radius 3 is 2.47 bits per heavy atom. The second kappa shape index (κ2) is 9.82. The van der Waals surface area contributed by atoms with Gasteiger partial charge in [-0.2, -0.15) is 0 Å². The third-order valence-electron chi connectivity index (χ3n) is 4.80. The highest BCUT2D eigenvalue weighted by Crippen LogP contribution is 2.29. The fraction of sp³-hybridized carbons (Fsp3) is 0.273. The number of thioether (sulfide) groups is 1. The van der Waals surface area contributed by atoms with Gasteiger partial charge in [0.25, 0.3) is 0 Å². The molecule has 2 aromatic heterocycles. The second-order valence-electron chi connectivity index (χ2n) is 6.81. The summed E-state index contributed by atoms with van der Waals surface area (Å²) < 4.78 is 31.6. The fourth-order valence-corrected chi connectivity index (χ4v) is 4.05. The van der Waals surface area contributed by atoms with Gasteiger partial charge in [0, 0.05) is 18.5 Å². The second-order valence-corrected chi connectivity index (χ2v) is 7.75. The standard InChI is InChI=1S/C22H22FN5O3S/c1-4-28-19(12-14-5-10-17(29-2)18(11-14)30-3)24-27-22(28)32-13-20-25-26-21(31-20)15-6-8-16(23)9-7-15/h5-11H,4,12-13H2,1-3H3. The lowest BCUT2D eigenvalue weighted by Crippen LogP contribution is -2.04. The van der Waals surface area contributed by atoms with Crippen LogP contribution < -0.4 is 9.47 Å². The van der Waals surface area contributed by atoms with Gasteiger partial charge in [-0.1, -0.05) is 17.8 Å². The number of rotatable bonds is 9. The summed E-state index contributed by atoms with van der Waals surface area (Å²) in [6.07, 6.45) is 0.608. The monoisotopic (exact) mass is 455 g/mol. The smallest absolute Gasteiger partial charge is 0.247 e. The number of halogens is 1. The first-order valence-corrected chi connectivity index (χ1v) is 10.9. The van der Waals surface area contributed by atoms with Gasteiger partial charge in [-0.25, -0.2) is 4.39 Å². The summed E-state index contributed by atoms with van der Waals surface area (Å²) in [7, 11) is 3.23. The van der Waals surface area contributed by atoms with Crippen molar-refractivity contribution in [3.63, 3.8) is 0 Å². The van der Waals surface area contributed by atoms with E-state index in [0.29, 0.717) is 41.0 Å². The van der Waals surface area contributed by atoms with E-state index < -0.39 is 0 Å². The normalized spacial score (nSPS) is 11.0. The quantitative estimate of drug-likeness (QED) is 0.344. The maximum absolute atomic E-state index is 13.1. The Balaban J connectivity index is 1.45. The first-order chi connectivity index (χ1) is 15.6. The van der Waals surface area contributed by atoms with Crippen LogP contribution in [0.1, 0.15) is 24.2 Å². The van der Waals surface area contributed by atoms with Crippen LogP contribution in [0.4, 0.5) is 4.39 Å². The van der Waals surface area contributed by atoms with Crippen molar-refractivity contribution in [3.8, 4) is 23.0 Å². The van der Waals surface area contributed by atoms with E-state index in [1.165, 1.54) is 23.9 Å². The Kier molecular flexibility index (Phi) is 6.69. The molecule has 2 aromatic carbocycles. The van der Waals surface area contributed by atoms with Gasteiger partial charge in [0.15, 0.2) is 16.7 Å². The first-order valence-electron chi connectivity index (χ1n) is 9.95. The molecule has 2 heterocycles. The molecule has 32 heavy (non-hydrogen) atoms. The molecule has 4 aromatic rings. The van der Waals surface area contributed by atoms with Crippen molar-refractivity contribution in [1.29, 1.82) is 0 Å². The van der Waals surface area contributed by atoms with E-state index in [4.69, 9.17) is 13.9 Å². The van der Waals surface area contributed by atoms with Crippen molar-refractivity contribution in [2.75, 3.05) is 14.2 Å². The molecular weight excluding hydrogens is 433 g/mol. The molecular formula is C22H22FN5O3S. The molecule has 4 rings (SSSR count). The first kappa shape index (κ1) is 21.8. The summed E-state index contributed by atoms with van der Waals surface area (Å²) in [5.74, 6) is 3.15. The molecule has 0 N–H and O–H groups in total. The molecule has 0 amide bonds. The Morgan fingerprint density at radius 1 is 0.969 bits per heavy atom.